The molecular formula is C12H14ClF2IN2O. The summed E-state index contributed by atoms with van der Waals surface area (Å²) in [4.78, 5) is 13.8. The van der Waals surface area contributed by atoms with Crippen LogP contribution < -0.4 is 5.32 Å². The van der Waals surface area contributed by atoms with Crippen LogP contribution in [0.2, 0.25) is 0 Å². The zero-order valence-electron chi connectivity index (χ0n) is 10.3. The van der Waals surface area contributed by atoms with Gasteiger partial charge in [0, 0.05) is 35.3 Å². The molecule has 1 saturated heterocycles. The highest BCUT2D eigenvalue weighted by atomic mass is 127. The molecule has 2 rings (SSSR count). The molecule has 1 aliphatic rings. The van der Waals surface area contributed by atoms with Gasteiger partial charge in [0.25, 0.3) is 5.91 Å². The Morgan fingerprint density at radius 1 is 1.42 bits per heavy atom. The van der Waals surface area contributed by atoms with Gasteiger partial charge in [0.2, 0.25) is 0 Å². The first kappa shape index (κ1) is 16.6. The molecule has 7 heteroatoms. The van der Waals surface area contributed by atoms with Crippen LogP contribution in [0.3, 0.4) is 0 Å². The van der Waals surface area contributed by atoms with Crippen molar-refractivity contribution in [1.82, 2.24) is 10.2 Å². The largest absolute Gasteiger partial charge is 0.333 e. The van der Waals surface area contributed by atoms with Crippen molar-refractivity contribution in [1.29, 1.82) is 0 Å². The van der Waals surface area contributed by atoms with Crippen molar-refractivity contribution < 1.29 is 13.6 Å². The van der Waals surface area contributed by atoms with E-state index in [9.17, 15) is 13.6 Å². The van der Waals surface area contributed by atoms with Crippen LogP contribution in [0.25, 0.3) is 0 Å². The third-order valence-electron chi connectivity index (χ3n) is 3.00. The van der Waals surface area contributed by atoms with Crippen LogP contribution in [0, 0.1) is 15.2 Å². The molecule has 106 valence electrons. The summed E-state index contributed by atoms with van der Waals surface area (Å²) in [5.41, 5.74) is -0.0606. The smallest absolute Gasteiger partial charge is 0.257 e. The molecule has 1 fully saturated rings. The average Bonchev–Trinajstić information content (AvgIpc) is 2.33. The summed E-state index contributed by atoms with van der Waals surface area (Å²) in [7, 11) is 0. The van der Waals surface area contributed by atoms with Crippen LogP contribution in [0.5, 0.6) is 0 Å². The van der Waals surface area contributed by atoms with Crippen LogP contribution in [0.15, 0.2) is 12.1 Å². The fraction of sp³-hybridized carbons (Fsp3) is 0.417. The highest BCUT2D eigenvalue weighted by Crippen LogP contribution is 2.19. The van der Waals surface area contributed by atoms with Crippen LogP contribution in [-0.4, -0.2) is 36.5 Å². The predicted octanol–water partition coefficient (Wildman–Crippen LogP) is 2.43. The second-order valence-corrected chi connectivity index (χ2v) is 5.46. The quantitative estimate of drug-likeness (QED) is 0.578. The molecule has 0 aliphatic carbocycles. The van der Waals surface area contributed by atoms with Gasteiger partial charge >= 0.3 is 0 Å². The van der Waals surface area contributed by atoms with Crippen molar-refractivity contribution in [3.05, 3.63) is 32.9 Å². The van der Waals surface area contributed by atoms with Crippen molar-refractivity contribution in [2.75, 3.05) is 19.6 Å². The Balaban J connectivity index is 0.00000180. The summed E-state index contributed by atoms with van der Waals surface area (Å²) < 4.78 is 27.1. The van der Waals surface area contributed by atoms with E-state index in [1.54, 1.807) is 27.5 Å². The number of halogens is 4. The van der Waals surface area contributed by atoms with Gasteiger partial charge in [-0.05, 0) is 35.6 Å². The Morgan fingerprint density at radius 3 is 2.74 bits per heavy atom. The van der Waals surface area contributed by atoms with Crippen LogP contribution in [0.4, 0.5) is 8.78 Å². The molecular weight excluding hydrogens is 388 g/mol. The molecule has 1 aromatic carbocycles. The van der Waals surface area contributed by atoms with E-state index >= 15 is 0 Å². The summed E-state index contributed by atoms with van der Waals surface area (Å²) in [5, 5.41) is 3.16. The van der Waals surface area contributed by atoms with Gasteiger partial charge in [-0.2, -0.15) is 0 Å². The van der Waals surface area contributed by atoms with Crippen LogP contribution in [0.1, 0.15) is 17.3 Å². The normalized spacial score (nSPS) is 18.9. The van der Waals surface area contributed by atoms with E-state index in [4.69, 9.17) is 0 Å². The van der Waals surface area contributed by atoms with Crippen molar-refractivity contribution in [2.24, 2.45) is 0 Å². The summed E-state index contributed by atoms with van der Waals surface area (Å²) in [6, 6.07) is 2.04. The third-order valence-corrected chi connectivity index (χ3v) is 3.83. The van der Waals surface area contributed by atoms with E-state index in [0.29, 0.717) is 19.6 Å². The first-order valence-electron chi connectivity index (χ1n) is 5.67. The number of benzene rings is 1. The maximum absolute atomic E-state index is 13.7. The van der Waals surface area contributed by atoms with E-state index in [1.165, 1.54) is 6.07 Å². The number of piperazine rings is 1. The van der Waals surface area contributed by atoms with Crippen LogP contribution in [-0.2, 0) is 0 Å². The summed E-state index contributed by atoms with van der Waals surface area (Å²) in [5.74, 6) is -1.82. The fourth-order valence-corrected chi connectivity index (χ4v) is 2.45. The lowest BCUT2D eigenvalue weighted by atomic mass is 10.1. The molecule has 1 aromatic rings. The lowest BCUT2D eigenvalue weighted by molar-refractivity contribution is 0.0651. The standard InChI is InChI=1S/C12H13F2IN2O.ClH/c1-7-6-16-2-3-17(7)12(18)8-4-11(15)10(14)5-9(8)13;/h4-5,7,16H,2-3,6H2,1H3;1H/t7-;/m0./s1. The van der Waals surface area contributed by atoms with Crippen molar-refractivity contribution in [3.8, 4) is 0 Å². The molecule has 1 amide bonds. The van der Waals surface area contributed by atoms with Gasteiger partial charge in [-0.15, -0.1) is 12.4 Å². The van der Waals surface area contributed by atoms with E-state index < -0.39 is 11.6 Å². The molecule has 0 spiro atoms. The Bertz CT molecular complexity index is 487. The number of carbonyl (C=O) groups is 1. The van der Waals surface area contributed by atoms with E-state index in [2.05, 4.69) is 5.32 Å². The Labute approximate surface area is 130 Å². The van der Waals surface area contributed by atoms with Gasteiger partial charge in [-0.25, -0.2) is 8.78 Å². The maximum atomic E-state index is 13.7. The molecule has 0 aromatic heterocycles. The third kappa shape index (κ3) is 3.55. The minimum Gasteiger partial charge on any atom is -0.333 e. The number of nitrogens with one attached hydrogen (secondary N) is 1. The Kier molecular flexibility index (Phi) is 5.94. The van der Waals surface area contributed by atoms with E-state index in [-0.39, 0.29) is 33.5 Å². The molecule has 1 aliphatic heterocycles. The van der Waals surface area contributed by atoms with Gasteiger partial charge in [-0.3, -0.25) is 4.79 Å². The predicted molar refractivity (Wildman–Crippen MR) is 79.7 cm³/mol. The number of hydrogen-bond acceptors (Lipinski definition) is 2. The maximum Gasteiger partial charge on any atom is 0.257 e. The highest BCUT2D eigenvalue weighted by molar-refractivity contribution is 14.1. The fourth-order valence-electron chi connectivity index (χ4n) is 1.98. The number of hydrogen-bond donors (Lipinski definition) is 1. The molecule has 1 atom stereocenters. The van der Waals surface area contributed by atoms with Crippen molar-refractivity contribution >= 4 is 40.9 Å². The number of amides is 1. The number of nitrogens with zero attached hydrogens (tertiary/aromatic N) is 1. The van der Waals surface area contributed by atoms with Crippen LogP contribution >= 0.6 is 35.0 Å². The average molecular weight is 403 g/mol. The van der Waals surface area contributed by atoms with Gasteiger partial charge in [-0.1, -0.05) is 0 Å². The lowest BCUT2D eigenvalue weighted by Gasteiger charge is -2.34. The molecule has 0 bridgehead atoms. The highest BCUT2D eigenvalue weighted by Gasteiger charge is 2.26. The zero-order chi connectivity index (χ0) is 13.3. The monoisotopic (exact) mass is 402 g/mol. The van der Waals surface area contributed by atoms with Gasteiger partial charge in [0.15, 0.2) is 0 Å². The van der Waals surface area contributed by atoms with Gasteiger partial charge < -0.3 is 10.2 Å². The zero-order valence-corrected chi connectivity index (χ0v) is 13.2. The summed E-state index contributed by atoms with van der Waals surface area (Å²) >= 11 is 1.75. The van der Waals surface area contributed by atoms with E-state index in [1.807, 2.05) is 6.92 Å². The Hall–Kier alpha value is -0.470. The topological polar surface area (TPSA) is 32.3 Å². The molecule has 0 unspecified atom stereocenters. The molecule has 3 nitrogen and oxygen atoms in total. The molecule has 0 saturated carbocycles. The molecule has 1 heterocycles. The molecule has 1 N–H and O–H groups in total. The van der Waals surface area contributed by atoms with Gasteiger partial charge in [0.1, 0.15) is 11.6 Å². The van der Waals surface area contributed by atoms with Crippen molar-refractivity contribution in [3.63, 3.8) is 0 Å². The molecule has 0 radical (unpaired) electrons. The first-order chi connectivity index (χ1) is 8.50. The summed E-state index contributed by atoms with van der Waals surface area (Å²) in [6.07, 6.45) is 0. The first-order valence-corrected chi connectivity index (χ1v) is 6.75. The number of carbonyl (C=O) groups excluding carboxylic acids is 1. The van der Waals surface area contributed by atoms with Crippen molar-refractivity contribution in [2.45, 2.75) is 13.0 Å². The lowest BCUT2D eigenvalue weighted by Crippen LogP contribution is -2.52. The second kappa shape index (κ2) is 6.81. The SMILES string of the molecule is C[C@H]1CNCCN1C(=O)c1cc(I)c(F)cc1F.Cl. The Morgan fingerprint density at radius 2 is 2.11 bits per heavy atom. The van der Waals surface area contributed by atoms with Gasteiger partial charge in [0.05, 0.1) is 5.56 Å². The minimum atomic E-state index is -0.802. The summed E-state index contributed by atoms with van der Waals surface area (Å²) in [6.45, 7) is 3.81. The molecule has 19 heavy (non-hydrogen) atoms. The van der Waals surface area contributed by atoms with E-state index in [0.717, 1.165) is 6.07 Å². The minimum absolute atomic E-state index is 0. The second-order valence-electron chi connectivity index (χ2n) is 4.30. The number of rotatable bonds is 1.